The van der Waals surface area contributed by atoms with Gasteiger partial charge < -0.3 is 15.3 Å². The van der Waals surface area contributed by atoms with E-state index in [4.69, 9.17) is 0 Å². The van der Waals surface area contributed by atoms with E-state index in [1.54, 1.807) is 42.6 Å². The third-order valence-corrected chi connectivity index (χ3v) is 7.10. The molecule has 1 aliphatic heterocycles. The minimum Gasteiger partial charge on any atom is -0.393 e. The summed E-state index contributed by atoms with van der Waals surface area (Å²) in [6.45, 7) is 1.21. The van der Waals surface area contributed by atoms with Crippen LogP contribution in [-0.2, 0) is 4.79 Å². The Morgan fingerprint density at radius 1 is 1.08 bits per heavy atom. The van der Waals surface area contributed by atoms with E-state index in [-0.39, 0.29) is 35.2 Å². The molecule has 1 saturated carbocycles. The minimum atomic E-state index is -0.554. The van der Waals surface area contributed by atoms with Crippen molar-refractivity contribution in [3.63, 3.8) is 0 Å². The molecule has 2 unspecified atom stereocenters. The summed E-state index contributed by atoms with van der Waals surface area (Å²) in [6, 6.07) is 11.9. The monoisotopic (exact) mass is 491 g/mol. The van der Waals surface area contributed by atoms with Crippen LogP contribution in [0, 0.1) is 11.7 Å². The van der Waals surface area contributed by atoms with Crippen LogP contribution in [0.15, 0.2) is 59.7 Å². The number of hydrogen-bond donors (Lipinski definition) is 2. The Bertz CT molecular complexity index is 1290. The van der Waals surface area contributed by atoms with Crippen molar-refractivity contribution < 1.29 is 14.3 Å². The van der Waals surface area contributed by atoms with Gasteiger partial charge in [0.05, 0.1) is 12.3 Å². The second kappa shape index (κ2) is 10.6. The van der Waals surface area contributed by atoms with Crippen LogP contribution < -0.4 is 10.9 Å². The lowest BCUT2D eigenvalue weighted by Crippen LogP contribution is -2.45. The van der Waals surface area contributed by atoms with Crippen molar-refractivity contribution in [2.75, 3.05) is 18.4 Å². The number of hydrogen-bond acceptors (Lipinski definition) is 6. The average Bonchev–Trinajstić information content (AvgIpc) is 2.90. The van der Waals surface area contributed by atoms with Gasteiger partial charge in [-0.15, -0.1) is 0 Å². The fourth-order valence-electron chi connectivity index (χ4n) is 5.16. The predicted molar refractivity (Wildman–Crippen MR) is 134 cm³/mol. The maximum atomic E-state index is 14.8. The molecule has 5 rings (SSSR count). The van der Waals surface area contributed by atoms with Gasteiger partial charge in [0.2, 0.25) is 11.9 Å². The van der Waals surface area contributed by atoms with Gasteiger partial charge in [-0.05, 0) is 50.3 Å². The first-order valence-electron chi connectivity index (χ1n) is 12.5. The molecule has 2 fully saturated rings. The lowest BCUT2D eigenvalue weighted by molar-refractivity contribution is -0.138. The molecule has 0 spiro atoms. The maximum Gasteiger partial charge on any atom is 0.255 e. The maximum absolute atomic E-state index is 14.8. The third kappa shape index (κ3) is 5.31. The summed E-state index contributed by atoms with van der Waals surface area (Å²) in [5.74, 6) is -0.163. The van der Waals surface area contributed by atoms with Crippen molar-refractivity contribution in [1.29, 1.82) is 0 Å². The number of aliphatic hydroxyl groups excluding tert-OH is 1. The number of halogens is 1. The molecule has 36 heavy (non-hydrogen) atoms. The predicted octanol–water partition coefficient (Wildman–Crippen LogP) is 3.39. The molecule has 2 aromatic heterocycles. The van der Waals surface area contributed by atoms with Crippen LogP contribution >= 0.6 is 0 Å². The van der Waals surface area contributed by atoms with Crippen molar-refractivity contribution in [2.45, 2.75) is 50.7 Å². The van der Waals surface area contributed by atoms with Gasteiger partial charge in [0, 0.05) is 48.6 Å². The lowest BCUT2D eigenvalue weighted by atomic mass is 9.84. The molecule has 0 radical (unpaired) electrons. The number of anilines is 1. The molecule has 9 heteroatoms. The number of carbonyl (C=O) groups is 1. The van der Waals surface area contributed by atoms with Crippen molar-refractivity contribution in [2.24, 2.45) is 5.92 Å². The van der Waals surface area contributed by atoms with Crippen LogP contribution in [0.2, 0.25) is 0 Å². The van der Waals surface area contributed by atoms with Gasteiger partial charge in [-0.25, -0.2) is 14.4 Å². The van der Waals surface area contributed by atoms with E-state index < -0.39 is 5.82 Å². The number of amides is 1. The second-order valence-electron chi connectivity index (χ2n) is 9.61. The topological polar surface area (TPSA) is 100 Å². The number of aromatic nitrogens is 3. The van der Waals surface area contributed by atoms with Crippen LogP contribution in [0.5, 0.6) is 0 Å². The molecular formula is C27H30FN5O3. The second-order valence-corrected chi connectivity index (χ2v) is 9.61. The Kier molecular flexibility index (Phi) is 7.09. The van der Waals surface area contributed by atoms with Crippen LogP contribution in [-0.4, -0.2) is 55.7 Å². The number of aliphatic hydroxyl groups is 1. The molecular weight excluding hydrogens is 461 g/mol. The first-order valence-corrected chi connectivity index (χ1v) is 12.5. The number of likely N-dealkylation sites (tertiary alicyclic amines) is 1. The number of nitrogens with zero attached hydrogens (tertiary/aromatic N) is 4. The number of nitrogens with one attached hydrogen (secondary N) is 1. The van der Waals surface area contributed by atoms with Gasteiger partial charge in [-0.1, -0.05) is 24.6 Å². The van der Waals surface area contributed by atoms with E-state index >= 15 is 0 Å². The zero-order valence-electron chi connectivity index (χ0n) is 20.0. The highest BCUT2D eigenvalue weighted by Gasteiger charge is 2.32. The average molecular weight is 492 g/mol. The largest absolute Gasteiger partial charge is 0.393 e. The molecule has 188 valence electrons. The lowest BCUT2D eigenvalue weighted by Gasteiger charge is -2.35. The van der Waals surface area contributed by atoms with E-state index in [2.05, 4.69) is 15.3 Å². The van der Waals surface area contributed by atoms with Gasteiger partial charge in [0.25, 0.3) is 5.56 Å². The molecule has 1 aliphatic carbocycles. The number of rotatable bonds is 5. The molecule has 1 saturated heterocycles. The Morgan fingerprint density at radius 3 is 2.72 bits per heavy atom. The fraction of sp³-hybridized carbons (Fsp3) is 0.407. The molecule has 8 nitrogen and oxygen atoms in total. The van der Waals surface area contributed by atoms with Crippen LogP contribution in [0.25, 0.3) is 16.9 Å². The van der Waals surface area contributed by atoms with Gasteiger partial charge >= 0.3 is 0 Å². The summed E-state index contributed by atoms with van der Waals surface area (Å²) in [4.78, 5) is 35.7. The molecule has 2 N–H and O–H groups in total. The molecule has 2 aliphatic rings. The van der Waals surface area contributed by atoms with E-state index in [1.807, 2.05) is 4.90 Å². The van der Waals surface area contributed by atoms with Crippen molar-refractivity contribution in [3.8, 4) is 16.9 Å². The summed E-state index contributed by atoms with van der Waals surface area (Å²) >= 11 is 0. The highest BCUT2D eigenvalue weighted by Crippen LogP contribution is 2.30. The first kappa shape index (κ1) is 24.1. The van der Waals surface area contributed by atoms with Gasteiger partial charge in [0.15, 0.2) is 5.82 Å². The number of piperidine rings is 1. The van der Waals surface area contributed by atoms with Crippen molar-refractivity contribution in [1.82, 2.24) is 19.4 Å². The molecule has 0 bridgehead atoms. The van der Waals surface area contributed by atoms with Crippen LogP contribution in [0.3, 0.4) is 0 Å². The first-order chi connectivity index (χ1) is 17.5. The summed E-state index contributed by atoms with van der Waals surface area (Å²) in [5, 5.41) is 13.0. The molecule has 3 heterocycles. The number of carbonyl (C=O) groups excluding carboxylic acids is 1. The Hall–Kier alpha value is -3.59. The number of pyridine rings is 1. The summed E-state index contributed by atoms with van der Waals surface area (Å²) in [6.07, 6.45) is 7.07. The zero-order chi connectivity index (χ0) is 25.1. The zero-order valence-corrected chi connectivity index (χ0v) is 20.0. The normalized spacial score (nSPS) is 20.8. The summed E-state index contributed by atoms with van der Waals surface area (Å²) in [5.41, 5.74) is 1.12. The standard InChI is InChI=1S/C27H30FN5O3/c28-23-17-29-27(30-20-7-3-6-19(15-20)26(36)32-13-10-22(34)11-14-32)31-25(23)18-5-4-8-21(16-18)33-12-2-1-9-24(33)35/h1-2,4-5,8-9,12,16-17,19-20,22,34H,3,6-7,10-11,13-15H2,(H,29,30,31). The van der Waals surface area contributed by atoms with Crippen molar-refractivity contribution in [3.05, 3.63) is 71.0 Å². The molecule has 2 atom stereocenters. The van der Waals surface area contributed by atoms with E-state index in [9.17, 15) is 19.1 Å². The SMILES string of the molecule is O=C(C1CCCC(Nc2ncc(F)c(-c3cccc(-n4ccccc4=O)c3)n2)C1)N1CCC(O)CC1. The highest BCUT2D eigenvalue weighted by atomic mass is 19.1. The van der Waals surface area contributed by atoms with E-state index in [1.165, 1.54) is 10.6 Å². The Morgan fingerprint density at radius 2 is 1.92 bits per heavy atom. The quantitative estimate of drug-likeness (QED) is 0.568. The summed E-state index contributed by atoms with van der Waals surface area (Å²) < 4.78 is 16.2. The smallest absolute Gasteiger partial charge is 0.255 e. The molecule has 1 amide bonds. The van der Waals surface area contributed by atoms with Crippen molar-refractivity contribution >= 4 is 11.9 Å². The minimum absolute atomic E-state index is 0.00984. The van der Waals surface area contributed by atoms with E-state index in [0.717, 1.165) is 25.5 Å². The fourth-order valence-corrected chi connectivity index (χ4v) is 5.16. The molecule has 1 aromatic carbocycles. The van der Waals surface area contributed by atoms with Gasteiger partial charge in [-0.2, -0.15) is 0 Å². The van der Waals surface area contributed by atoms with Crippen LogP contribution in [0.4, 0.5) is 10.3 Å². The highest BCUT2D eigenvalue weighted by molar-refractivity contribution is 5.79. The molecule has 3 aromatic rings. The Balaban J connectivity index is 1.31. The third-order valence-electron chi connectivity index (χ3n) is 7.10. The van der Waals surface area contributed by atoms with E-state index in [0.29, 0.717) is 49.6 Å². The van der Waals surface area contributed by atoms with Gasteiger partial charge in [0.1, 0.15) is 5.69 Å². The van der Waals surface area contributed by atoms with Gasteiger partial charge in [-0.3, -0.25) is 14.2 Å². The number of benzene rings is 1. The summed E-state index contributed by atoms with van der Waals surface area (Å²) in [7, 11) is 0. The Labute approximate surface area is 208 Å². The van der Waals surface area contributed by atoms with Crippen LogP contribution in [0.1, 0.15) is 38.5 Å².